The largest absolute Gasteiger partial charge is 0.573 e. The van der Waals surface area contributed by atoms with E-state index in [1.807, 2.05) is 0 Å². The Bertz CT molecular complexity index is 1410. The molecule has 3 aromatic rings. The molecule has 2 heterocycles. The van der Waals surface area contributed by atoms with E-state index in [0.29, 0.717) is 5.69 Å². The van der Waals surface area contributed by atoms with E-state index in [2.05, 4.69) is 18.8 Å². The maximum absolute atomic E-state index is 14.8. The number of carbonyl (C=O) groups excluding carboxylic acids is 1. The summed E-state index contributed by atoms with van der Waals surface area (Å²) in [7, 11) is -4.37. The lowest BCUT2D eigenvalue weighted by Crippen LogP contribution is -2.35. The predicted molar refractivity (Wildman–Crippen MR) is 119 cm³/mol. The summed E-state index contributed by atoms with van der Waals surface area (Å²) in [5.41, 5.74) is -0.547. The van der Waals surface area contributed by atoms with Gasteiger partial charge in [0.25, 0.3) is 10.0 Å². The fraction of sp³-hybridized carbons (Fsp3) is 0.250. The third kappa shape index (κ3) is 4.90. The molecule has 1 aromatic heterocycles. The highest BCUT2D eigenvalue weighted by Gasteiger charge is 2.45. The van der Waals surface area contributed by atoms with E-state index in [9.17, 15) is 30.8 Å². The molecule has 1 aliphatic heterocycles. The molecule has 15 heteroatoms. The van der Waals surface area contributed by atoms with Crippen LogP contribution < -0.4 is 14.4 Å². The summed E-state index contributed by atoms with van der Waals surface area (Å²) in [6, 6.07) is 5.26. The number of ether oxygens (including phenoxy) is 1. The van der Waals surface area contributed by atoms with Crippen molar-refractivity contribution in [2.45, 2.75) is 37.1 Å². The van der Waals surface area contributed by atoms with Crippen molar-refractivity contribution < 1.29 is 35.5 Å². The lowest BCUT2D eigenvalue weighted by atomic mass is 9.86. The highest BCUT2D eigenvalue weighted by molar-refractivity contribution is 7.93. The molecule has 186 valence electrons. The van der Waals surface area contributed by atoms with Gasteiger partial charge in [-0.05, 0) is 55.3 Å². The minimum atomic E-state index is -4.90. The average Bonchev–Trinajstić information content (AvgIpc) is 3.30. The summed E-state index contributed by atoms with van der Waals surface area (Å²) in [5, 5.41) is -0.208. The second kappa shape index (κ2) is 8.60. The molecule has 0 saturated heterocycles. The number of alkyl halides is 3. The van der Waals surface area contributed by atoms with Gasteiger partial charge in [-0.2, -0.15) is 4.37 Å². The van der Waals surface area contributed by atoms with Gasteiger partial charge in [0.05, 0.1) is 12.0 Å². The Morgan fingerprint density at radius 1 is 1.23 bits per heavy atom. The number of fused-ring (bicyclic) bond motifs is 1. The summed E-state index contributed by atoms with van der Waals surface area (Å²) in [4.78, 5) is 17.3. The van der Waals surface area contributed by atoms with E-state index in [0.717, 1.165) is 42.1 Å². The van der Waals surface area contributed by atoms with Gasteiger partial charge in [0, 0.05) is 22.2 Å². The highest BCUT2D eigenvalue weighted by atomic mass is 35.5. The van der Waals surface area contributed by atoms with Crippen LogP contribution in [0.25, 0.3) is 0 Å². The standard InChI is InChI=1S/C20H15ClF4N4O4S2/c1-19(2)12-6-11(33-20(23,24)25)3-4-15(12)29(17(19)30)8-10-5-14(22)16(7-13(10)21)35(31,32)28-18-26-9-27-34-18/h3-7,9H,8H2,1-2H3,(H,26,27,28). The summed E-state index contributed by atoms with van der Waals surface area (Å²) in [5.74, 6) is -2.08. The van der Waals surface area contributed by atoms with Crippen molar-refractivity contribution in [3.8, 4) is 5.75 Å². The van der Waals surface area contributed by atoms with Crippen molar-refractivity contribution in [3.05, 3.63) is 58.6 Å². The second-order valence-electron chi connectivity index (χ2n) is 7.97. The topological polar surface area (TPSA) is 101 Å². The molecule has 2 aromatic carbocycles. The molecule has 0 radical (unpaired) electrons. The van der Waals surface area contributed by atoms with Gasteiger partial charge in [0.2, 0.25) is 11.0 Å². The number of nitrogens with one attached hydrogen (secondary N) is 1. The number of nitrogens with zero attached hydrogens (tertiary/aromatic N) is 3. The number of sulfonamides is 1. The van der Waals surface area contributed by atoms with Crippen molar-refractivity contribution in [1.29, 1.82) is 0 Å². The van der Waals surface area contributed by atoms with Gasteiger partial charge in [-0.1, -0.05) is 11.6 Å². The Morgan fingerprint density at radius 2 is 1.94 bits per heavy atom. The van der Waals surface area contributed by atoms with Crippen molar-refractivity contribution in [2.24, 2.45) is 0 Å². The summed E-state index contributed by atoms with van der Waals surface area (Å²) in [6.45, 7) is 2.81. The van der Waals surface area contributed by atoms with Crippen LogP contribution in [0.15, 0.2) is 41.6 Å². The van der Waals surface area contributed by atoms with Crippen LogP contribution in [0, 0.1) is 5.82 Å². The number of anilines is 2. The maximum atomic E-state index is 14.8. The van der Waals surface area contributed by atoms with Crippen molar-refractivity contribution >= 4 is 49.9 Å². The van der Waals surface area contributed by atoms with Gasteiger partial charge < -0.3 is 9.64 Å². The van der Waals surface area contributed by atoms with E-state index in [4.69, 9.17) is 11.6 Å². The van der Waals surface area contributed by atoms with Crippen LogP contribution >= 0.6 is 23.1 Å². The second-order valence-corrected chi connectivity index (χ2v) is 10.8. The van der Waals surface area contributed by atoms with Crippen LogP contribution in [0.4, 0.5) is 28.4 Å². The predicted octanol–water partition coefficient (Wildman–Crippen LogP) is 4.85. The molecule has 1 aliphatic rings. The lowest BCUT2D eigenvalue weighted by molar-refractivity contribution is -0.274. The van der Waals surface area contributed by atoms with Gasteiger partial charge in [-0.15, -0.1) is 13.2 Å². The van der Waals surface area contributed by atoms with Gasteiger partial charge >= 0.3 is 6.36 Å². The minimum absolute atomic E-state index is 0.0695. The van der Waals surface area contributed by atoms with Crippen LogP contribution in [-0.2, 0) is 26.8 Å². The Hall–Kier alpha value is -2.97. The smallest absolute Gasteiger partial charge is 0.406 e. The summed E-state index contributed by atoms with van der Waals surface area (Å²) < 4.78 is 87.5. The Balaban J connectivity index is 1.66. The fourth-order valence-corrected chi connectivity index (χ4v) is 5.66. The van der Waals surface area contributed by atoms with Gasteiger partial charge in [-0.25, -0.2) is 17.8 Å². The molecular weight excluding hydrogens is 536 g/mol. The van der Waals surface area contributed by atoms with E-state index in [1.165, 1.54) is 24.8 Å². The fourth-order valence-electron chi connectivity index (χ4n) is 3.62. The zero-order valence-electron chi connectivity index (χ0n) is 17.9. The maximum Gasteiger partial charge on any atom is 0.573 e. The van der Waals surface area contributed by atoms with Crippen LogP contribution in [0.2, 0.25) is 5.02 Å². The number of amides is 1. The zero-order valence-corrected chi connectivity index (χ0v) is 20.2. The number of hydrogen-bond donors (Lipinski definition) is 1. The molecule has 4 rings (SSSR count). The number of hydrogen-bond acceptors (Lipinski definition) is 7. The molecule has 0 aliphatic carbocycles. The average molecular weight is 551 g/mol. The minimum Gasteiger partial charge on any atom is -0.406 e. The Kier molecular flexibility index (Phi) is 6.18. The van der Waals surface area contributed by atoms with E-state index in [-0.39, 0.29) is 27.8 Å². The number of halogens is 5. The normalized spacial score (nSPS) is 15.3. The molecular formula is C20H15ClF4N4O4S2. The first-order chi connectivity index (χ1) is 16.2. The van der Waals surface area contributed by atoms with Crippen LogP contribution in [0.5, 0.6) is 5.75 Å². The first-order valence-corrected chi connectivity index (χ1v) is 12.3. The molecule has 0 spiro atoms. The number of benzene rings is 2. The molecule has 0 bridgehead atoms. The van der Waals surface area contributed by atoms with E-state index < -0.39 is 44.2 Å². The third-order valence-corrected chi connectivity index (χ3v) is 7.66. The van der Waals surface area contributed by atoms with Crippen molar-refractivity contribution in [2.75, 3.05) is 9.62 Å². The number of aromatic nitrogens is 2. The molecule has 0 atom stereocenters. The SMILES string of the molecule is CC1(C)C(=O)N(Cc2cc(F)c(S(=O)(=O)Nc3ncns3)cc2Cl)c2ccc(OC(F)(F)F)cc21. The van der Waals surface area contributed by atoms with E-state index in [1.54, 1.807) is 0 Å². The monoisotopic (exact) mass is 550 g/mol. The number of carbonyl (C=O) groups is 1. The molecule has 1 amide bonds. The number of rotatable bonds is 6. The van der Waals surface area contributed by atoms with E-state index >= 15 is 0 Å². The summed E-state index contributed by atoms with van der Waals surface area (Å²) in [6.07, 6.45) is -3.78. The Labute approximate surface area is 205 Å². The zero-order chi connectivity index (χ0) is 25.8. The van der Waals surface area contributed by atoms with Crippen LogP contribution in [0.1, 0.15) is 25.0 Å². The van der Waals surface area contributed by atoms with Gasteiger partial charge in [0.15, 0.2) is 0 Å². The van der Waals surface area contributed by atoms with Gasteiger partial charge in [-0.3, -0.25) is 9.52 Å². The molecule has 1 N–H and O–H groups in total. The third-order valence-electron chi connectivity index (χ3n) is 5.25. The van der Waals surface area contributed by atoms with Crippen LogP contribution in [-0.4, -0.2) is 30.0 Å². The first kappa shape index (κ1) is 25.1. The van der Waals surface area contributed by atoms with Crippen molar-refractivity contribution in [3.63, 3.8) is 0 Å². The Morgan fingerprint density at radius 3 is 2.57 bits per heavy atom. The van der Waals surface area contributed by atoms with Gasteiger partial charge in [0.1, 0.15) is 22.8 Å². The molecule has 0 fully saturated rings. The molecule has 0 unspecified atom stereocenters. The molecule has 0 saturated carbocycles. The molecule has 8 nitrogen and oxygen atoms in total. The van der Waals surface area contributed by atoms with Crippen molar-refractivity contribution in [1.82, 2.24) is 9.36 Å². The lowest BCUT2D eigenvalue weighted by Gasteiger charge is -2.21. The molecule has 35 heavy (non-hydrogen) atoms. The van der Waals surface area contributed by atoms with Crippen LogP contribution in [0.3, 0.4) is 0 Å². The highest BCUT2D eigenvalue weighted by Crippen LogP contribution is 2.45. The quantitative estimate of drug-likeness (QED) is 0.440. The summed E-state index contributed by atoms with van der Waals surface area (Å²) >= 11 is 7.00. The first-order valence-electron chi connectivity index (χ1n) is 9.69.